The van der Waals surface area contributed by atoms with Crippen LogP contribution < -0.4 is 23.8 Å². The zero-order chi connectivity index (χ0) is 29.4. The van der Waals surface area contributed by atoms with Crippen molar-refractivity contribution in [3.05, 3.63) is 89.8 Å². The first kappa shape index (κ1) is 27.3. The number of thiazole rings is 1. The van der Waals surface area contributed by atoms with E-state index in [1.807, 2.05) is 6.92 Å². The molecule has 0 radical (unpaired) electrons. The molecule has 1 atom stereocenters. The number of carbonyl (C=O) groups is 2. The Labute approximate surface area is 244 Å². The van der Waals surface area contributed by atoms with Gasteiger partial charge in [-0.15, -0.1) is 0 Å². The third kappa shape index (κ3) is 4.81. The van der Waals surface area contributed by atoms with Crippen molar-refractivity contribution in [2.45, 2.75) is 13.0 Å². The maximum atomic E-state index is 14.0. The zero-order valence-electron chi connectivity index (χ0n) is 22.5. The quantitative estimate of drug-likeness (QED) is 0.119. The Morgan fingerprint density at radius 1 is 1.10 bits per heavy atom. The van der Waals surface area contributed by atoms with Crippen molar-refractivity contribution in [1.29, 1.82) is 0 Å². The minimum Gasteiger partial charge on any atom is -0.507 e. The van der Waals surface area contributed by atoms with E-state index in [1.165, 1.54) is 23.1 Å². The van der Waals surface area contributed by atoms with E-state index in [1.54, 1.807) is 42.5 Å². The minimum absolute atomic E-state index is 0.149. The number of amides is 1. The highest BCUT2D eigenvalue weighted by Crippen LogP contribution is 2.46. The standard InChI is InChI=1S/C31H25FN2O7S/c1-3-11-39-21-9-5-17(14-23(21)38-4-2)27-26(28(35)18-6-10-22-24(15-18)41-13-12-40-22)29(36)30(37)34(27)31-33-20-8-7-19(32)16-25(20)42-31/h3,5-10,14-16,27,35H,1,4,11-13H2,2H3/b28-26+. The molecule has 42 heavy (non-hydrogen) atoms. The van der Waals surface area contributed by atoms with E-state index in [-0.39, 0.29) is 22.9 Å². The van der Waals surface area contributed by atoms with Crippen molar-refractivity contribution >= 4 is 44.1 Å². The highest BCUT2D eigenvalue weighted by Gasteiger charge is 2.48. The Morgan fingerprint density at radius 3 is 2.69 bits per heavy atom. The van der Waals surface area contributed by atoms with Crippen LogP contribution in [0.15, 0.2) is 72.8 Å². The number of halogens is 1. The number of ether oxygens (including phenoxy) is 4. The first-order valence-electron chi connectivity index (χ1n) is 13.2. The number of aromatic nitrogens is 1. The molecule has 1 saturated heterocycles. The van der Waals surface area contributed by atoms with Gasteiger partial charge >= 0.3 is 5.91 Å². The Hall–Kier alpha value is -4.90. The molecular formula is C31H25FN2O7S. The highest BCUT2D eigenvalue weighted by atomic mass is 32.1. The molecule has 0 aliphatic carbocycles. The smallest absolute Gasteiger partial charge is 0.301 e. The topological polar surface area (TPSA) is 107 Å². The van der Waals surface area contributed by atoms with Gasteiger partial charge in [-0.05, 0) is 61.0 Å². The fourth-order valence-corrected chi connectivity index (χ4v) is 5.93. The highest BCUT2D eigenvalue weighted by molar-refractivity contribution is 7.22. The number of nitrogens with zero attached hydrogens (tertiary/aromatic N) is 2. The first-order valence-corrected chi connectivity index (χ1v) is 14.0. The average Bonchev–Trinajstić information content (AvgIpc) is 3.53. The number of aliphatic hydroxyl groups excluding tert-OH is 1. The molecule has 0 saturated carbocycles. The molecule has 6 rings (SSSR count). The third-order valence-electron chi connectivity index (χ3n) is 6.75. The monoisotopic (exact) mass is 588 g/mol. The number of Topliss-reactive ketones (excluding diaryl/α,β-unsaturated/α-hetero) is 1. The summed E-state index contributed by atoms with van der Waals surface area (Å²) < 4.78 is 37.3. The number of aliphatic hydroxyl groups is 1. The summed E-state index contributed by atoms with van der Waals surface area (Å²) in [5.41, 5.74) is 1.05. The van der Waals surface area contributed by atoms with Crippen molar-refractivity contribution in [1.82, 2.24) is 4.98 Å². The largest absolute Gasteiger partial charge is 0.507 e. The number of carbonyl (C=O) groups excluding carboxylic acids is 2. The molecule has 214 valence electrons. The first-order chi connectivity index (χ1) is 20.4. The number of rotatable bonds is 8. The molecule has 2 aliphatic heterocycles. The number of fused-ring (bicyclic) bond motifs is 2. The second-order valence-electron chi connectivity index (χ2n) is 9.37. The van der Waals surface area contributed by atoms with Gasteiger partial charge in [0.2, 0.25) is 0 Å². The van der Waals surface area contributed by atoms with Gasteiger partial charge < -0.3 is 24.1 Å². The van der Waals surface area contributed by atoms with Gasteiger partial charge in [0.05, 0.1) is 28.4 Å². The van der Waals surface area contributed by atoms with Gasteiger partial charge in [-0.1, -0.05) is 30.1 Å². The Kier molecular flexibility index (Phi) is 7.26. The molecule has 3 aromatic carbocycles. The Bertz CT molecular complexity index is 1770. The molecule has 1 N–H and O–H groups in total. The molecule has 1 unspecified atom stereocenters. The fraction of sp³-hybridized carbons (Fsp3) is 0.194. The van der Waals surface area contributed by atoms with E-state index in [2.05, 4.69) is 11.6 Å². The van der Waals surface area contributed by atoms with Crippen molar-refractivity contribution in [3.63, 3.8) is 0 Å². The van der Waals surface area contributed by atoms with Crippen molar-refractivity contribution in [2.24, 2.45) is 0 Å². The van der Waals surface area contributed by atoms with Crippen LogP contribution in [0.5, 0.6) is 23.0 Å². The lowest BCUT2D eigenvalue weighted by Gasteiger charge is -2.24. The normalized spacial score (nSPS) is 17.5. The van der Waals surface area contributed by atoms with Crippen LogP contribution in [-0.4, -0.2) is 48.2 Å². The van der Waals surface area contributed by atoms with Crippen LogP contribution in [-0.2, 0) is 9.59 Å². The molecule has 1 fully saturated rings. The van der Waals surface area contributed by atoms with Crippen LogP contribution in [0.2, 0.25) is 0 Å². The van der Waals surface area contributed by atoms with Crippen molar-refractivity contribution < 1.29 is 38.0 Å². The second kappa shape index (κ2) is 11.2. The molecule has 0 spiro atoms. The summed E-state index contributed by atoms with van der Waals surface area (Å²) in [5.74, 6) is -0.889. The molecule has 11 heteroatoms. The molecule has 1 aromatic heterocycles. The maximum Gasteiger partial charge on any atom is 0.301 e. The summed E-state index contributed by atoms with van der Waals surface area (Å²) in [6, 6.07) is 12.8. The van der Waals surface area contributed by atoms with Crippen LogP contribution >= 0.6 is 11.3 Å². The Morgan fingerprint density at radius 2 is 1.90 bits per heavy atom. The number of ketones is 1. The van der Waals surface area contributed by atoms with E-state index in [0.29, 0.717) is 58.6 Å². The van der Waals surface area contributed by atoms with Gasteiger partial charge in [0.15, 0.2) is 28.1 Å². The molecular weight excluding hydrogens is 563 g/mol. The second-order valence-corrected chi connectivity index (χ2v) is 10.4. The minimum atomic E-state index is -1.09. The summed E-state index contributed by atoms with van der Waals surface area (Å²) in [4.78, 5) is 33.1. The van der Waals surface area contributed by atoms with E-state index >= 15 is 0 Å². The summed E-state index contributed by atoms with van der Waals surface area (Å²) in [6.07, 6.45) is 1.60. The van der Waals surface area contributed by atoms with Gasteiger partial charge in [0, 0.05) is 5.56 Å². The molecule has 0 bridgehead atoms. The summed E-state index contributed by atoms with van der Waals surface area (Å²) in [6.45, 7) is 6.79. The predicted molar refractivity (Wildman–Crippen MR) is 155 cm³/mol. The van der Waals surface area contributed by atoms with Gasteiger partial charge in [-0.25, -0.2) is 9.37 Å². The van der Waals surface area contributed by atoms with Crippen LogP contribution in [0, 0.1) is 5.82 Å². The van der Waals surface area contributed by atoms with Crippen LogP contribution in [0.3, 0.4) is 0 Å². The third-order valence-corrected chi connectivity index (χ3v) is 7.76. The molecule has 1 amide bonds. The lowest BCUT2D eigenvalue weighted by molar-refractivity contribution is -0.132. The average molecular weight is 589 g/mol. The van der Waals surface area contributed by atoms with Crippen LogP contribution in [0.25, 0.3) is 16.0 Å². The lowest BCUT2D eigenvalue weighted by atomic mass is 9.95. The van der Waals surface area contributed by atoms with Crippen molar-refractivity contribution in [3.8, 4) is 23.0 Å². The van der Waals surface area contributed by atoms with E-state index in [4.69, 9.17) is 18.9 Å². The van der Waals surface area contributed by atoms with Crippen LogP contribution in [0.4, 0.5) is 9.52 Å². The number of benzene rings is 3. The van der Waals surface area contributed by atoms with E-state index in [0.717, 1.165) is 11.3 Å². The predicted octanol–water partition coefficient (Wildman–Crippen LogP) is 5.80. The van der Waals surface area contributed by atoms with Gasteiger partial charge in [0.1, 0.15) is 31.4 Å². The van der Waals surface area contributed by atoms with E-state index in [9.17, 15) is 19.1 Å². The summed E-state index contributed by atoms with van der Waals surface area (Å²) in [5, 5.41) is 11.8. The molecule has 2 aliphatic rings. The number of hydrogen-bond acceptors (Lipinski definition) is 9. The summed E-state index contributed by atoms with van der Waals surface area (Å²) >= 11 is 1.06. The van der Waals surface area contributed by atoms with Gasteiger partial charge in [-0.2, -0.15) is 0 Å². The molecule has 3 heterocycles. The fourth-order valence-electron chi connectivity index (χ4n) is 4.91. The van der Waals surface area contributed by atoms with E-state index < -0.39 is 29.3 Å². The summed E-state index contributed by atoms with van der Waals surface area (Å²) in [7, 11) is 0. The lowest BCUT2D eigenvalue weighted by Crippen LogP contribution is -2.29. The van der Waals surface area contributed by atoms with Gasteiger partial charge in [-0.3, -0.25) is 14.5 Å². The maximum absolute atomic E-state index is 14.0. The number of hydrogen-bond donors (Lipinski definition) is 1. The van der Waals surface area contributed by atoms with Crippen LogP contribution in [0.1, 0.15) is 24.1 Å². The zero-order valence-corrected chi connectivity index (χ0v) is 23.3. The Balaban J connectivity index is 1.54. The van der Waals surface area contributed by atoms with Crippen molar-refractivity contribution in [2.75, 3.05) is 31.3 Å². The molecule has 9 nitrogen and oxygen atoms in total. The molecule has 4 aromatic rings. The number of anilines is 1. The SMILES string of the molecule is C=CCOc1ccc(C2/C(=C(\O)c3ccc4c(c3)OCCO4)C(=O)C(=O)N2c2nc3ccc(F)cc3s2)cc1OCC. The van der Waals surface area contributed by atoms with Gasteiger partial charge in [0.25, 0.3) is 5.78 Å².